The highest BCUT2D eigenvalue weighted by Gasteiger charge is 2.11. The van der Waals surface area contributed by atoms with Gasteiger partial charge in [0.1, 0.15) is 5.69 Å². The topological polar surface area (TPSA) is 42.9 Å². The normalized spacial score (nSPS) is 10.8. The maximum absolute atomic E-state index is 12.2. The van der Waals surface area contributed by atoms with E-state index >= 15 is 0 Å². The number of fused-ring (bicyclic) bond motifs is 1. The van der Waals surface area contributed by atoms with Gasteiger partial charge < -0.3 is 0 Å². The fourth-order valence-corrected chi connectivity index (χ4v) is 3.24. The Kier molecular flexibility index (Phi) is 3.40. The largest absolute Gasteiger partial charge is 0.292 e. The highest BCUT2D eigenvalue weighted by atomic mass is 79.9. The molecule has 2 heterocycles. The minimum Gasteiger partial charge on any atom is -0.292 e. The number of hydrogen-bond donors (Lipinski definition) is 0. The first-order valence-electron chi connectivity index (χ1n) is 5.70. The third kappa shape index (κ3) is 2.72. The highest BCUT2D eigenvalue weighted by molar-refractivity contribution is 9.10. The Morgan fingerprint density at radius 3 is 2.79 bits per heavy atom. The number of ketones is 1. The number of para-hydroxylation sites is 2. The molecule has 94 valence electrons. The van der Waals surface area contributed by atoms with Crippen molar-refractivity contribution in [2.24, 2.45) is 0 Å². The molecule has 0 amide bonds. The van der Waals surface area contributed by atoms with Crippen LogP contribution < -0.4 is 0 Å². The summed E-state index contributed by atoms with van der Waals surface area (Å²) >= 11 is 4.94. The SMILES string of the molecule is O=C(Cc1cc(Br)cs1)c1cnc2ccccc2n1. The predicted molar refractivity (Wildman–Crippen MR) is 79.6 cm³/mol. The molecule has 3 nitrogen and oxygen atoms in total. The molecule has 0 saturated carbocycles. The lowest BCUT2D eigenvalue weighted by Gasteiger charge is -2.00. The Bertz CT molecular complexity index is 754. The van der Waals surface area contributed by atoms with Crippen molar-refractivity contribution in [2.75, 3.05) is 0 Å². The van der Waals surface area contributed by atoms with E-state index in [-0.39, 0.29) is 5.78 Å². The van der Waals surface area contributed by atoms with E-state index in [9.17, 15) is 4.79 Å². The molecule has 0 radical (unpaired) electrons. The zero-order chi connectivity index (χ0) is 13.2. The molecule has 19 heavy (non-hydrogen) atoms. The van der Waals surface area contributed by atoms with E-state index in [0.717, 1.165) is 20.4 Å². The summed E-state index contributed by atoms with van der Waals surface area (Å²) in [6.45, 7) is 0. The second-order valence-electron chi connectivity index (χ2n) is 4.08. The Balaban J connectivity index is 1.89. The van der Waals surface area contributed by atoms with Gasteiger partial charge in [0, 0.05) is 21.2 Å². The molecule has 0 atom stereocenters. The van der Waals surface area contributed by atoms with Crippen LogP contribution in [-0.4, -0.2) is 15.8 Å². The molecule has 1 aromatic carbocycles. The molecule has 0 aliphatic rings. The summed E-state index contributed by atoms with van der Waals surface area (Å²) in [5.74, 6) is -0.00685. The number of hydrogen-bond acceptors (Lipinski definition) is 4. The van der Waals surface area contributed by atoms with Crippen LogP contribution in [0.5, 0.6) is 0 Å². The molecule has 0 spiro atoms. The van der Waals surface area contributed by atoms with Gasteiger partial charge in [-0.25, -0.2) is 4.98 Å². The summed E-state index contributed by atoms with van der Waals surface area (Å²) in [6, 6.07) is 9.49. The molecule has 0 aliphatic carbocycles. The van der Waals surface area contributed by atoms with Gasteiger partial charge in [0.2, 0.25) is 0 Å². The minimum absolute atomic E-state index is 0.00685. The zero-order valence-corrected chi connectivity index (χ0v) is 12.2. The van der Waals surface area contributed by atoms with Gasteiger partial charge in [0.15, 0.2) is 5.78 Å². The van der Waals surface area contributed by atoms with E-state index < -0.39 is 0 Å². The monoisotopic (exact) mass is 332 g/mol. The smallest absolute Gasteiger partial charge is 0.187 e. The predicted octanol–water partition coefficient (Wildman–Crippen LogP) is 3.88. The molecule has 3 rings (SSSR count). The minimum atomic E-state index is -0.00685. The van der Waals surface area contributed by atoms with Crippen molar-refractivity contribution in [1.29, 1.82) is 0 Å². The molecule has 0 N–H and O–H groups in total. The van der Waals surface area contributed by atoms with Crippen LogP contribution in [0.2, 0.25) is 0 Å². The number of aromatic nitrogens is 2. The van der Waals surface area contributed by atoms with Gasteiger partial charge in [0.05, 0.1) is 17.2 Å². The highest BCUT2D eigenvalue weighted by Crippen LogP contribution is 2.21. The number of Topliss-reactive ketones (excluding diaryl/α,β-unsaturated/α-hetero) is 1. The fourth-order valence-electron chi connectivity index (χ4n) is 1.79. The number of nitrogens with zero attached hydrogens (tertiary/aromatic N) is 2. The first-order valence-corrected chi connectivity index (χ1v) is 7.37. The summed E-state index contributed by atoms with van der Waals surface area (Å²) in [5, 5.41) is 1.97. The lowest BCUT2D eigenvalue weighted by Crippen LogP contribution is -2.05. The van der Waals surface area contributed by atoms with Crippen LogP contribution in [0, 0.1) is 0 Å². The second-order valence-corrected chi connectivity index (χ2v) is 5.99. The van der Waals surface area contributed by atoms with Crippen LogP contribution in [-0.2, 0) is 6.42 Å². The van der Waals surface area contributed by atoms with E-state index in [1.165, 1.54) is 0 Å². The summed E-state index contributed by atoms with van der Waals surface area (Å²) in [4.78, 5) is 21.8. The molecular weight excluding hydrogens is 324 g/mol. The van der Waals surface area contributed by atoms with Crippen LogP contribution in [0.4, 0.5) is 0 Å². The van der Waals surface area contributed by atoms with Crippen molar-refractivity contribution in [3.63, 3.8) is 0 Å². The van der Waals surface area contributed by atoms with Gasteiger partial charge in [-0.05, 0) is 34.1 Å². The maximum atomic E-state index is 12.2. The molecule has 2 aromatic heterocycles. The molecule has 0 unspecified atom stereocenters. The number of halogens is 1. The third-order valence-corrected chi connectivity index (χ3v) is 4.39. The van der Waals surface area contributed by atoms with E-state index in [2.05, 4.69) is 25.9 Å². The average molecular weight is 333 g/mol. The van der Waals surface area contributed by atoms with Gasteiger partial charge >= 0.3 is 0 Å². The summed E-state index contributed by atoms with van der Waals surface area (Å²) < 4.78 is 1.00. The number of carbonyl (C=O) groups is 1. The van der Waals surface area contributed by atoms with Crippen LogP contribution in [0.1, 0.15) is 15.4 Å². The van der Waals surface area contributed by atoms with Crippen LogP contribution in [0.15, 0.2) is 46.4 Å². The standard InChI is InChI=1S/C14H9BrN2OS/c15-9-5-10(19-8-9)6-14(18)13-7-16-11-3-1-2-4-12(11)17-13/h1-5,7-8H,6H2. The van der Waals surface area contributed by atoms with E-state index in [1.807, 2.05) is 35.7 Å². The average Bonchev–Trinajstić information content (AvgIpc) is 2.83. The van der Waals surface area contributed by atoms with Crippen molar-refractivity contribution in [3.05, 3.63) is 57.0 Å². The lowest BCUT2D eigenvalue weighted by atomic mass is 10.2. The second kappa shape index (κ2) is 5.19. The molecule has 5 heteroatoms. The summed E-state index contributed by atoms with van der Waals surface area (Å²) in [5.41, 5.74) is 1.97. The lowest BCUT2D eigenvalue weighted by molar-refractivity contribution is 0.0989. The molecule has 0 saturated heterocycles. The van der Waals surface area contributed by atoms with Crippen molar-refractivity contribution < 1.29 is 4.79 Å². The Morgan fingerprint density at radius 2 is 2.05 bits per heavy atom. The first-order chi connectivity index (χ1) is 9.22. The summed E-state index contributed by atoms with van der Waals surface area (Å²) in [6.07, 6.45) is 1.91. The van der Waals surface area contributed by atoms with Crippen LogP contribution >= 0.6 is 27.3 Å². The van der Waals surface area contributed by atoms with Gasteiger partial charge in [-0.15, -0.1) is 11.3 Å². The molecule has 0 fully saturated rings. The Hall–Kier alpha value is -1.59. The molecule has 0 aliphatic heterocycles. The number of carbonyl (C=O) groups excluding carboxylic acids is 1. The van der Waals surface area contributed by atoms with E-state index in [0.29, 0.717) is 12.1 Å². The van der Waals surface area contributed by atoms with Crippen molar-refractivity contribution in [1.82, 2.24) is 9.97 Å². The van der Waals surface area contributed by atoms with Gasteiger partial charge in [0.25, 0.3) is 0 Å². The maximum Gasteiger partial charge on any atom is 0.187 e. The van der Waals surface area contributed by atoms with Crippen LogP contribution in [0.25, 0.3) is 11.0 Å². The van der Waals surface area contributed by atoms with Gasteiger partial charge in [-0.2, -0.15) is 0 Å². The summed E-state index contributed by atoms with van der Waals surface area (Å²) in [7, 11) is 0. The van der Waals surface area contributed by atoms with Gasteiger partial charge in [-0.3, -0.25) is 9.78 Å². The van der Waals surface area contributed by atoms with Crippen molar-refractivity contribution in [3.8, 4) is 0 Å². The van der Waals surface area contributed by atoms with E-state index in [1.54, 1.807) is 17.5 Å². The first kappa shape index (κ1) is 12.4. The van der Waals surface area contributed by atoms with Crippen molar-refractivity contribution >= 4 is 44.1 Å². The Labute approximate surface area is 122 Å². The molecule has 0 bridgehead atoms. The van der Waals surface area contributed by atoms with Crippen LogP contribution in [0.3, 0.4) is 0 Å². The van der Waals surface area contributed by atoms with Gasteiger partial charge in [-0.1, -0.05) is 12.1 Å². The molecular formula is C14H9BrN2OS. The van der Waals surface area contributed by atoms with E-state index in [4.69, 9.17) is 0 Å². The fraction of sp³-hybridized carbons (Fsp3) is 0.0714. The third-order valence-electron chi connectivity index (χ3n) is 2.69. The Morgan fingerprint density at radius 1 is 1.26 bits per heavy atom. The van der Waals surface area contributed by atoms with Crippen molar-refractivity contribution in [2.45, 2.75) is 6.42 Å². The molecule has 3 aromatic rings. The zero-order valence-electron chi connectivity index (χ0n) is 9.84. The number of rotatable bonds is 3. The quantitative estimate of drug-likeness (QED) is 0.683. The number of thiophene rings is 1. The number of benzene rings is 1.